The number of esters is 2. The smallest absolute Gasteiger partial charge is 0.333 e. The van der Waals surface area contributed by atoms with Gasteiger partial charge < -0.3 is 18.9 Å². The van der Waals surface area contributed by atoms with Crippen LogP contribution in [0.15, 0.2) is 42.7 Å². The molecule has 1 fully saturated rings. The molecule has 0 amide bonds. The van der Waals surface area contributed by atoms with E-state index in [2.05, 4.69) is 4.74 Å². The lowest BCUT2D eigenvalue weighted by Crippen LogP contribution is -2.39. The van der Waals surface area contributed by atoms with Crippen molar-refractivity contribution in [1.82, 2.24) is 0 Å². The average Bonchev–Trinajstić information content (AvgIpc) is 2.68. The fraction of sp³-hybridized carbons (Fsp3) is 0.500. The number of cyclic esters (lactones) is 1. The van der Waals surface area contributed by atoms with Crippen LogP contribution in [0.1, 0.15) is 19.4 Å². The van der Waals surface area contributed by atoms with Gasteiger partial charge in [-0.25, -0.2) is 4.79 Å². The van der Waals surface area contributed by atoms with E-state index in [4.69, 9.17) is 14.2 Å². The number of hydrogen-bond acceptors (Lipinski definition) is 6. The van der Waals surface area contributed by atoms with E-state index < -0.39 is 18.2 Å². The molecule has 0 N–H and O–H groups in total. The molecule has 1 heterocycles. The molecule has 1 saturated heterocycles. The van der Waals surface area contributed by atoms with Gasteiger partial charge in [0.05, 0.1) is 38.6 Å². The van der Waals surface area contributed by atoms with Crippen LogP contribution in [-0.2, 0) is 35.0 Å². The van der Waals surface area contributed by atoms with Gasteiger partial charge in [-0.15, -0.1) is 0 Å². The Morgan fingerprint density at radius 1 is 1.23 bits per heavy atom. The molecule has 0 unspecified atom stereocenters. The minimum Gasteiger partial charge on any atom is -0.494 e. The van der Waals surface area contributed by atoms with Crippen LogP contribution in [0.5, 0.6) is 0 Å². The molecule has 1 aliphatic heterocycles. The largest absolute Gasteiger partial charge is 0.494 e. The number of carbonyl (C=O) groups is 2. The summed E-state index contributed by atoms with van der Waals surface area (Å²) < 4.78 is 21.7. The van der Waals surface area contributed by atoms with Gasteiger partial charge in [0, 0.05) is 5.92 Å². The van der Waals surface area contributed by atoms with Gasteiger partial charge in [0.25, 0.3) is 0 Å². The Morgan fingerprint density at radius 2 is 1.96 bits per heavy atom. The third-order valence-electron chi connectivity index (χ3n) is 4.31. The molecular weight excluding hydrogens is 336 g/mol. The minimum atomic E-state index is -0.512. The Balaban J connectivity index is 2.19. The fourth-order valence-corrected chi connectivity index (χ4v) is 2.88. The zero-order chi connectivity index (χ0) is 18.9. The van der Waals surface area contributed by atoms with E-state index >= 15 is 0 Å². The summed E-state index contributed by atoms with van der Waals surface area (Å²) >= 11 is 0. The van der Waals surface area contributed by atoms with E-state index in [9.17, 15) is 9.59 Å². The summed E-state index contributed by atoms with van der Waals surface area (Å²) in [4.78, 5) is 23.4. The summed E-state index contributed by atoms with van der Waals surface area (Å²) in [5, 5.41) is 0. The number of hydrogen-bond donors (Lipinski definition) is 0. The second kappa shape index (κ2) is 9.97. The summed E-state index contributed by atoms with van der Waals surface area (Å²) in [5.74, 6) is -1.21. The second-order valence-corrected chi connectivity index (χ2v) is 6.46. The van der Waals surface area contributed by atoms with Gasteiger partial charge in [-0.3, -0.25) is 4.79 Å². The first kappa shape index (κ1) is 20.0. The van der Waals surface area contributed by atoms with Gasteiger partial charge in [-0.1, -0.05) is 30.3 Å². The topological polar surface area (TPSA) is 71.1 Å². The van der Waals surface area contributed by atoms with E-state index in [1.807, 2.05) is 30.3 Å². The van der Waals surface area contributed by atoms with E-state index in [0.717, 1.165) is 5.56 Å². The van der Waals surface area contributed by atoms with Crippen LogP contribution < -0.4 is 0 Å². The highest BCUT2D eigenvalue weighted by molar-refractivity contribution is 5.81. The van der Waals surface area contributed by atoms with Gasteiger partial charge >= 0.3 is 11.9 Å². The highest BCUT2D eigenvalue weighted by Crippen LogP contribution is 2.23. The Hall–Kier alpha value is -2.34. The summed E-state index contributed by atoms with van der Waals surface area (Å²) in [6.07, 6.45) is 2.26. The highest BCUT2D eigenvalue weighted by atomic mass is 16.6. The average molecular weight is 362 g/mol. The van der Waals surface area contributed by atoms with Crippen molar-refractivity contribution < 1.29 is 28.5 Å². The Kier molecular flexibility index (Phi) is 7.66. The quantitative estimate of drug-likeness (QED) is 0.455. The molecule has 0 radical (unpaired) electrons. The Labute approximate surface area is 154 Å². The normalized spacial score (nSPS) is 27.1. The van der Waals surface area contributed by atoms with Crippen molar-refractivity contribution in [3.63, 3.8) is 0 Å². The lowest BCUT2D eigenvalue weighted by atomic mass is 9.91. The minimum absolute atomic E-state index is 0.0483. The van der Waals surface area contributed by atoms with Crippen LogP contribution in [0.3, 0.4) is 0 Å². The van der Waals surface area contributed by atoms with Crippen molar-refractivity contribution in [2.24, 2.45) is 11.8 Å². The summed E-state index contributed by atoms with van der Waals surface area (Å²) in [6.45, 7) is 4.31. The molecule has 0 aliphatic carbocycles. The SMILES string of the molecule is COC(=O)/C=C/O[C@@H]1[C@@H](Cc2ccccc2)COC[C@H](C)C(=O)O[C@H]1C. The summed E-state index contributed by atoms with van der Waals surface area (Å²) in [6, 6.07) is 9.98. The van der Waals surface area contributed by atoms with Crippen LogP contribution in [0, 0.1) is 11.8 Å². The van der Waals surface area contributed by atoms with Crippen LogP contribution in [0.2, 0.25) is 0 Å². The molecule has 1 aromatic rings. The maximum atomic E-state index is 12.1. The van der Waals surface area contributed by atoms with Crippen LogP contribution >= 0.6 is 0 Å². The van der Waals surface area contributed by atoms with Gasteiger partial charge in [-0.2, -0.15) is 0 Å². The van der Waals surface area contributed by atoms with E-state index in [-0.39, 0.29) is 17.8 Å². The Morgan fingerprint density at radius 3 is 2.65 bits per heavy atom. The third-order valence-corrected chi connectivity index (χ3v) is 4.31. The molecule has 0 saturated carbocycles. The molecule has 0 aromatic heterocycles. The number of carbonyl (C=O) groups excluding carboxylic acids is 2. The van der Waals surface area contributed by atoms with Crippen LogP contribution in [0.25, 0.3) is 0 Å². The molecule has 6 nitrogen and oxygen atoms in total. The van der Waals surface area contributed by atoms with Gasteiger partial charge in [0.2, 0.25) is 0 Å². The molecule has 2 rings (SSSR count). The second-order valence-electron chi connectivity index (χ2n) is 6.46. The van der Waals surface area contributed by atoms with Gasteiger partial charge in [0.15, 0.2) is 0 Å². The zero-order valence-corrected chi connectivity index (χ0v) is 15.4. The van der Waals surface area contributed by atoms with Crippen molar-refractivity contribution in [2.45, 2.75) is 32.5 Å². The molecule has 142 valence electrons. The maximum Gasteiger partial charge on any atom is 0.333 e. The molecular formula is C20H26O6. The monoisotopic (exact) mass is 362 g/mol. The summed E-state index contributed by atoms with van der Waals surface area (Å²) in [5.41, 5.74) is 1.14. The lowest BCUT2D eigenvalue weighted by Gasteiger charge is -2.30. The predicted octanol–water partition coefficient (Wildman–Crippen LogP) is 2.52. The van der Waals surface area contributed by atoms with Gasteiger partial charge in [-0.05, 0) is 25.8 Å². The van der Waals surface area contributed by atoms with E-state index in [1.54, 1.807) is 13.8 Å². The number of benzene rings is 1. The first-order chi connectivity index (χ1) is 12.5. The summed E-state index contributed by atoms with van der Waals surface area (Å²) in [7, 11) is 1.30. The number of ether oxygens (including phenoxy) is 4. The van der Waals surface area contributed by atoms with Crippen molar-refractivity contribution >= 4 is 11.9 Å². The van der Waals surface area contributed by atoms with Crippen molar-refractivity contribution in [3.8, 4) is 0 Å². The predicted molar refractivity (Wildman–Crippen MR) is 95.2 cm³/mol. The van der Waals surface area contributed by atoms with E-state index in [0.29, 0.717) is 19.6 Å². The maximum absolute atomic E-state index is 12.1. The Bertz CT molecular complexity index is 612. The van der Waals surface area contributed by atoms with E-state index in [1.165, 1.54) is 19.4 Å². The third kappa shape index (κ3) is 5.88. The van der Waals surface area contributed by atoms with Crippen LogP contribution in [-0.4, -0.2) is 44.5 Å². The van der Waals surface area contributed by atoms with Gasteiger partial charge in [0.1, 0.15) is 12.2 Å². The molecule has 6 heteroatoms. The zero-order valence-electron chi connectivity index (χ0n) is 15.4. The molecule has 1 aliphatic rings. The molecule has 0 spiro atoms. The van der Waals surface area contributed by atoms with Crippen molar-refractivity contribution in [3.05, 3.63) is 48.2 Å². The number of rotatable bonds is 5. The standard InChI is InChI=1S/C20H26O6/c1-14-12-24-13-17(11-16-7-5-4-6-8-16)19(15(2)26-20(14)22)25-10-9-18(21)23-3/h4-10,14-15,17,19H,11-13H2,1-3H3/b10-9+/t14-,15-,17-,19-/m0/s1. The van der Waals surface area contributed by atoms with Crippen LogP contribution in [0.4, 0.5) is 0 Å². The van der Waals surface area contributed by atoms with Crippen molar-refractivity contribution in [1.29, 1.82) is 0 Å². The van der Waals surface area contributed by atoms with Crippen molar-refractivity contribution in [2.75, 3.05) is 20.3 Å². The fourth-order valence-electron chi connectivity index (χ4n) is 2.88. The molecule has 26 heavy (non-hydrogen) atoms. The highest BCUT2D eigenvalue weighted by Gasteiger charge is 2.34. The first-order valence-corrected chi connectivity index (χ1v) is 8.73. The molecule has 4 atom stereocenters. The number of methoxy groups -OCH3 is 1. The lowest BCUT2D eigenvalue weighted by molar-refractivity contribution is -0.159. The molecule has 0 bridgehead atoms. The first-order valence-electron chi connectivity index (χ1n) is 8.73. The molecule has 1 aromatic carbocycles.